The Kier molecular flexibility index (Phi) is 1.20. The van der Waals surface area contributed by atoms with E-state index < -0.39 is 0 Å². The van der Waals surface area contributed by atoms with Crippen molar-refractivity contribution in [3.05, 3.63) is 16.5 Å². The summed E-state index contributed by atoms with van der Waals surface area (Å²) in [5, 5.41) is 3.18. The molecule has 0 saturated heterocycles. The number of aromatic amines is 1. The number of fused-ring (bicyclic) bond motifs is 1. The molecule has 1 aliphatic rings. The van der Waals surface area contributed by atoms with E-state index in [9.17, 15) is 0 Å². The molecule has 3 nitrogen and oxygen atoms in total. The highest BCUT2D eigenvalue weighted by molar-refractivity contribution is 7.71. The number of nitrogens with zero attached hydrogens (tertiary/aromatic N) is 1. The van der Waals surface area contributed by atoms with Gasteiger partial charge >= 0.3 is 0 Å². The van der Waals surface area contributed by atoms with Crippen LogP contribution < -0.4 is 5.32 Å². The van der Waals surface area contributed by atoms with Crippen LogP contribution in [0.5, 0.6) is 0 Å². The van der Waals surface area contributed by atoms with E-state index in [4.69, 9.17) is 12.2 Å². The highest BCUT2D eigenvalue weighted by Gasteiger charge is 2.08. The van der Waals surface area contributed by atoms with Gasteiger partial charge in [0.1, 0.15) is 5.82 Å². The van der Waals surface area contributed by atoms with E-state index in [0.717, 1.165) is 18.8 Å². The Labute approximate surface area is 63.5 Å². The maximum Gasteiger partial charge on any atom is 0.198 e. The minimum atomic E-state index is 0.549. The zero-order valence-corrected chi connectivity index (χ0v) is 6.16. The summed E-state index contributed by atoms with van der Waals surface area (Å²) in [5.74, 6) is 1.04. The molecule has 0 saturated carbocycles. The standard InChI is InChI=1S/C6H7N3S/c10-6-8-3-4-1-2-7-5(4)9-6/h3H,1-2H2,(H2,7,8,9,10). The lowest BCUT2D eigenvalue weighted by molar-refractivity contribution is 1.08. The van der Waals surface area contributed by atoms with Gasteiger partial charge < -0.3 is 10.3 Å². The summed E-state index contributed by atoms with van der Waals surface area (Å²) < 4.78 is 0.549. The van der Waals surface area contributed by atoms with Crippen LogP contribution in [0.25, 0.3) is 0 Å². The van der Waals surface area contributed by atoms with Gasteiger partial charge in [0.2, 0.25) is 0 Å². The molecule has 4 heteroatoms. The molecule has 0 unspecified atom stereocenters. The van der Waals surface area contributed by atoms with E-state index in [1.165, 1.54) is 5.56 Å². The van der Waals surface area contributed by atoms with Crippen molar-refractivity contribution < 1.29 is 0 Å². The average Bonchev–Trinajstić information content (AvgIpc) is 2.33. The molecule has 10 heavy (non-hydrogen) atoms. The van der Waals surface area contributed by atoms with Crippen LogP contribution in [0, 0.1) is 4.77 Å². The number of rotatable bonds is 0. The smallest absolute Gasteiger partial charge is 0.198 e. The zero-order valence-electron chi connectivity index (χ0n) is 5.35. The number of aromatic nitrogens is 2. The molecular formula is C6H7N3S. The van der Waals surface area contributed by atoms with Gasteiger partial charge in [-0.05, 0) is 18.6 Å². The second kappa shape index (κ2) is 2.05. The molecule has 0 atom stereocenters. The van der Waals surface area contributed by atoms with Gasteiger partial charge in [-0.3, -0.25) is 0 Å². The lowest BCUT2D eigenvalue weighted by atomic mass is 10.3. The van der Waals surface area contributed by atoms with Crippen molar-refractivity contribution >= 4 is 18.0 Å². The molecule has 0 amide bonds. The molecule has 0 spiro atoms. The number of hydrogen-bond acceptors (Lipinski definition) is 3. The Bertz CT molecular complexity index is 304. The quantitative estimate of drug-likeness (QED) is 0.548. The van der Waals surface area contributed by atoms with E-state index in [1.807, 2.05) is 6.20 Å². The number of H-pyrrole nitrogens is 1. The first-order chi connectivity index (χ1) is 4.86. The molecule has 0 fully saturated rings. The molecule has 1 aromatic heterocycles. The van der Waals surface area contributed by atoms with Crippen molar-refractivity contribution in [3.8, 4) is 0 Å². The monoisotopic (exact) mass is 153 g/mol. The molecule has 2 rings (SSSR count). The van der Waals surface area contributed by atoms with E-state index in [0.29, 0.717) is 4.77 Å². The van der Waals surface area contributed by atoms with Crippen LogP contribution in [0.4, 0.5) is 5.82 Å². The third-order valence-electron chi connectivity index (χ3n) is 1.59. The molecule has 0 bridgehead atoms. The summed E-state index contributed by atoms with van der Waals surface area (Å²) in [6, 6.07) is 0. The van der Waals surface area contributed by atoms with Crippen molar-refractivity contribution in [2.45, 2.75) is 6.42 Å². The van der Waals surface area contributed by atoms with Crippen molar-refractivity contribution in [1.29, 1.82) is 0 Å². The van der Waals surface area contributed by atoms with Crippen LogP contribution in [-0.4, -0.2) is 16.5 Å². The first kappa shape index (κ1) is 5.85. The van der Waals surface area contributed by atoms with Gasteiger partial charge in [0.15, 0.2) is 4.77 Å². The van der Waals surface area contributed by atoms with Gasteiger partial charge in [0.05, 0.1) is 0 Å². The van der Waals surface area contributed by atoms with Crippen molar-refractivity contribution in [1.82, 2.24) is 9.97 Å². The fourth-order valence-electron chi connectivity index (χ4n) is 1.09. The van der Waals surface area contributed by atoms with Gasteiger partial charge in [-0.25, -0.2) is 4.98 Å². The summed E-state index contributed by atoms with van der Waals surface area (Å²) in [7, 11) is 0. The van der Waals surface area contributed by atoms with Crippen molar-refractivity contribution in [2.24, 2.45) is 0 Å². The topological polar surface area (TPSA) is 40.7 Å². The van der Waals surface area contributed by atoms with E-state index in [1.54, 1.807) is 0 Å². The van der Waals surface area contributed by atoms with Gasteiger partial charge in [0, 0.05) is 18.3 Å². The highest BCUT2D eigenvalue weighted by atomic mass is 32.1. The number of anilines is 1. The number of nitrogens with one attached hydrogen (secondary N) is 2. The normalized spacial score (nSPS) is 14.4. The lowest BCUT2D eigenvalue weighted by Crippen LogP contribution is -1.93. The van der Waals surface area contributed by atoms with E-state index in [2.05, 4.69) is 15.3 Å². The predicted octanol–water partition coefficient (Wildman–Crippen LogP) is 1.11. The third-order valence-corrected chi connectivity index (χ3v) is 1.79. The van der Waals surface area contributed by atoms with Gasteiger partial charge in [-0.2, -0.15) is 0 Å². The largest absolute Gasteiger partial charge is 0.371 e. The first-order valence-corrected chi connectivity index (χ1v) is 3.59. The lowest BCUT2D eigenvalue weighted by Gasteiger charge is -1.95. The minimum Gasteiger partial charge on any atom is -0.371 e. The second-order valence-electron chi connectivity index (χ2n) is 2.27. The summed E-state index contributed by atoms with van der Waals surface area (Å²) >= 11 is 4.85. The van der Waals surface area contributed by atoms with Crippen LogP contribution in [0.1, 0.15) is 5.56 Å². The Morgan fingerprint density at radius 2 is 2.50 bits per heavy atom. The molecule has 1 aromatic rings. The molecule has 2 N–H and O–H groups in total. The van der Waals surface area contributed by atoms with Gasteiger partial charge in [-0.1, -0.05) is 0 Å². The zero-order chi connectivity index (χ0) is 6.97. The van der Waals surface area contributed by atoms with Crippen LogP contribution >= 0.6 is 12.2 Å². The fraction of sp³-hybridized carbons (Fsp3) is 0.333. The Morgan fingerprint density at radius 3 is 3.40 bits per heavy atom. The summed E-state index contributed by atoms with van der Waals surface area (Å²) in [4.78, 5) is 6.95. The fourth-order valence-corrected chi connectivity index (χ4v) is 1.24. The summed E-state index contributed by atoms with van der Waals surface area (Å²) in [6.45, 7) is 0.992. The van der Waals surface area contributed by atoms with Crippen LogP contribution in [0.2, 0.25) is 0 Å². The van der Waals surface area contributed by atoms with Crippen LogP contribution in [0.15, 0.2) is 6.20 Å². The molecule has 1 aliphatic heterocycles. The van der Waals surface area contributed by atoms with Crippen LogP contribution in [-0.2, 0) is 6.42 Å². The average molecular weight is 153 g/mol. The third kappa shape index (κ3) is 0.806. The Morgan fingerprint density at radius 1 is 1.60 bits per heavy atom. The van der Waals surface area contributed by atoms with E-state index in [-0.39, 0.29) is 0 Å². The second-order valence-corrected chi connectivity index (χ2v) is 2.65. The minimum absolute atomic E-state index is 0.549. The molecule has 0 aromatic carbocycles. The van der Waals surface area contributed by atoms with Gasteiger partial charge in [0.25, 0.3) is 0 Å². The maximum atomic E-state index is 4.85. The first-order valence-electron chi connectivity index (χ1n) is 3.18. The predicted molar refractivity (Wildman–Crippen MR) is 41.6 cm³/mol. The Balaban J connectivity index is 2.63. The summed E-state index contributed by atoms with van der Waals surface area (Å²) in [5.41, 5.74) is 1.23. The van der Waals surface area contributed by atoms with Crippen molar-refractivity contribution in [2.75, 3.05) is 11.9 Å². The molecule has 52 valence electrons. The Hall–Kier alpha value is -0.900. The summed E-state index contributed by atoms with van der Waals surface area (Å²) in [6.07, 6.45) is 2.88. The molecule has 2 heterocycles. The molecule has 0 radical (unpaired) electrons. The number of hydrogen-bond donors (Lipinski definition) is 2. The van der Waals surface area contributed by atoms with Crippen LogP contribution in [0.3, 0.4) is 0 Å². The maximum absolute atomic E-state index is 4.85. The van der Waals surface area contributed by atoms with Gasteiger partial charge in [-0.15, -0.1) is 0 Å². The SMILES string of the molecule is S=c1ncc2c([nH]1)NCC2. The van der Waals surface area contributed by atoms with E-state index >= 15 is 0 Å². The van der Waals surface area contributed by atoms with Crippen molar-refractivity contribution in [3.63, 3.8) is 0 Å². The highest BCUT2D eigenvalue weighted by Crippen LogP contribution is 2.16. The molecule has 0 aliphatic carbocycles. The molecular weight excluding hydrogens is 146 g/mol.